The predicted octanol–water partition coefficient (Wildman–Crippen LogP) is 5.31. The number of hydrogen-bond acceptors (Lipinski definition) is 4. The van der Waals surface area contributed by atoms with Gasteiger partial charge in [0.05, 0.1) is 12.8 Å². The summed E-state index contributed by atoms with van der Waals surface area (Å²) in [6.07, 6.45) is 7.06. The van der Waals surface area contributed by atoms with Gasteiger partial charge in [0, 0.05) is 30.7 Å². The molecule has 2 aromatic carbocycles. The molecule has 0 saturated heterocycles. The molecule has 30 heavy (non-hydrogen) atoms. The fraction of sp³-hybridized carbons (Fsp3) is 0.538. The van der Waals surface area contributed by atoms with Gasteiger partial charge in [-0.3, -0.25) is 4.90 Å². The number of ether oxygens (including phenoxy) is 1. The van der Waals surface area contributed by atoms with E-state index in [0.29, 0.717) is 17.6 Å². The maximum absolute atomic E-state index is 6.10. The number of benzene rings is 2. The van der Waals surface area contributed by atoms with E-state index in [-0.39, 0.29) is 0 Å². The Labute approximate surface area is 181 Å². The smallest absolute Gasteiger partial charge is 0.142 e. The summed E-state index contributed by atoms with van der Waals surface area (Å²) in [5.41, 5.74) is 15.6. The highest BCUT2D eigenvalue weighted by Crippen LogP contribution is 2.42. The van der Waals surface area contributed by atoms with Gasteiger partial charge in [-0.1, -0.05) is 32.4 Å². The number of rotatable bonds is 7. The van der Waals surface area contributed by atoms with Crippen molar-refractivity contribution in [1.82, 2.24) is 4.90 Å². The van der Waals surface area contributed by atoms with Crippen molar-refractivity contribution in [3.8, 4) is 5.75 Å². The van der Waals surface area contributed by atoms with Crippen LogP contribution in [0.15, 0.2) is 24.3 Å². The third-order valence-corrected chi connectivity index (χ3v) is 7.16. The summed E-state index contributed by atoms with van der Waals surface area (Å²) < 4.78 is 5.47. The lowest BCUT2D eigenvalue weighted by Gasteiger charge is -2.36. The summed E-state index contributed by atoms with van der Waals surface area (Å²) >= 11 is 0. The highest BCUT2D eigenvalue weighted by molar-refractivity contribution is 5.69. The van der Waals surface area contributed by atoms with Crippen LogP contribution >= 0.6 is 0 Å². The Bertz CT molecular complexity index is 908. The summed E-state index contributed by atoms with van der Waals surface area (Å²) in [4.78, 5) is 2.57. The average Bonchev–Trinajstić information content (AvgIpc) is 3.13. The van der Waals surface area contributed by atoms with Gasteiger partial charge in [-0.05, 0) is 79.1 Å². The second kappa shape index (κ2) is 8.89. The van der Waals surface area contributed by atoms with Gasteiger partial charge in [-0.15, -0.1) is 0 Å². The number of nitrogens with zero attached hydrogens (tertiary/aromatic N) is 1. The van der Waals surface area contributed by atoms with E-state index in [1.807, 2.05) is 6.07 Å². The first-order valence-corrected chi connectivity index (χ1v) is 11.6. The number of hydrogen-bond donors (Lipinski definition) is 2. The normalized spacial score (nSPS) is 20.5. The van der Waals surface area contributed by atoms with Gasteiger partial charge in [0.1, 0.15) is 5.75 Å². The lowest BCUT2D eigenvalue weighted by atomic mass is 9.83. The molecule has 0 aliphatic carbocycles. The van der Waals surface area contributed by atoms with Crippen molar-refractivity contribution in [3.05, 3.63) is 52.1 Å². The van der Waals surface area contributed by atoms with Crippen molar-refractivity contribution in [1.29, 1.82) is 0 Å². The van der Waals surface area contributed by atoms with Gasteiger partial charge in [0.2, 0.25) is 0 Å². The molecule has 0 fully saturated rings. The highest BCUT2D eigenvalue weighted by atomic mass is 16.5. The van der Waals surface area contributed by atoms with E-state index in [0.717, 1.165) is 25.3 Å². The molecule has 4 rings (SSSR count). The maximum atomic E-state index is 6.10. The van der Waals surface area contributed by atoms with Crippen molar-refractivity contribution in [3.63, 3.8) is 0 Å². The Balaban J connectivity index is 1.56. The number of nitrogens with one attached hydrogen (secondary N) is 1. The van der Waals surface area contributed by atoms with Crippen LogP contribution in [0.5, 0.6) is 5.75 Å². The molecule has 2 heterocycles. The minimum atomic E-state index is 0.509. The quantitative estimate of drug-likeness (QED) is 0.611. The van der Waals surface area contributed by atoms with Gasteiger partial charge in [0.25, 0.3) is 0 Å². The zero-order valence-electron chi connectivity index (χ0n) is 19.1. The number of aryl methyl sites for hydroxylation is 2. The van der Waals surface area contributed by atoms with Crippen LogP contribution in [0.2, 0.25) is 0 Å². The first kappa shape index (κ1) is 21.0. The molecule has 2 atom stereocenters. The van der Waals surface area contributed by atoms with Crippen molar-refractivity contribution in [2.75, 3.05) is 38.3 Å². The second-order valence-corrected chi connectivity index (χ2v) is 9.01. The van der Waals surface area contributed by atoms with Gasteiger partial charge in [-0.2, -0.15) is 0 Å². The number of methoxy groups -OCH3 is 1. The zero-order valence-corrected chi connectivity index (χ0v) is 19.1. The molecular formula is C26H37N3O. The predicted molar refractivity (Wildman–Crippen MR) is 127 cm³/mol. The maximum Gasteiger partial charge on any atom is 0.142 e. The lowest BCUT2D eigenvalue weighted by molar-refractivity contribution is 0.213. The SMILES string of the molecule is CCCc1cc2c(cc1CC)CCN(C)C2CCC1CNc2cc(N)c(OC)cc21. The van der Waals surface area contributed by atoms with E-state index in [9.17, 15) is 0 Å². The molecule has 0 saturated carbocycles. The van der Waals surface area contributed by atoms with Crippen LogP contribution in [0.25, 0.3) is 0 Å². The van der Waals surface area contributed by atoms with Crippen molar-refractivity contribution < 1.29 is 4.74 Å². The number of anilines is 2. The number of nitrogens with two attached hydrogens (primary N) is 1. The monoisotopic (exact) mass is 407 g/mol. The fourth-order valence-corrected chi connectivity index (χ4v) is 5.42. The minimum absolute atomic E-state index is 0.509. The lowest BCUT2D eigenvalue weighted by Crippen LogP contribution is -2.32. The van der Waals surface area contributed by atoms with Crippen LogP contribution in [0, 0.1) is 0 Å². The summed E-state index contributed by atoms with van der Waals surface area (Å²) in [6, 6.07) is 9.73. The van der Waals surface area contributed by atoms with Gasteiger partial charge in [-0.25, -0.2) is 0 Å². The minimum Gasteiger partial charge on any atom is -0.495 e. The molecule has 3 N–H and O–H groups in total. The standard InChI is InChI=1S/C26H37N3O/c1-5-7-18-13-22-19(12-17(18)6-2)10-11-29(3)25(22)9-8-20-16-28-24-15-23(27)26(30-4)14-21(20)24/h12-15,20,25,28H,5-11,16,27H2,1-4H3. The third kappa shape index (κ3) is 3.90. The molecule has 2 aliphatic rings. The Morgan fingerprint density at radius 2 is 1.93 bits per heavy atom. The molecule has 2 aliphatic heterocycles. The highest BCUT2D eigenvalue weighted by Gasteiger charge is 2.29. The Morgan fingerprint density at radius 1 is 1.10 bits per heavy atom. The van der Waals surface area contributed by atoms with Crippen molar-refractivity contribution in [2.24, 2.45) is 0 Å². The van der Waals surface area contributed by atoms with E-state index in [2.05, 4.69) is 49.3 Å². The molecule has 0 aromatic heterocycles. The first-order valence-electron chi connectivity index (χ1n) is 11.6. The summed E-state index contributed by atoms with van der Waals surface area (Å²) in [5.74, 6) is 1.30. The van der Waals surface area contributed by atoms with Gasteiger partial charge >= 0.3 is 0 Å². The summed E-state index contributed by atoms with van der Waals surface area (Å²) in [6.45, 7) is 6.71. The third-order valence-electron chi connectivity index (χ3n) is 7.16. The number of fused-ring (bicyclic) bond motifs is 2. The molecule has 162 valence electrons. The van der Waals surface area contributed by atoms with Crippen LogP contribution in [0.1, 0.15) is 72.9 Å². The Hall–Kier alpha value is -2.20. The summed E-state index contributed by atoms with van der Waals surface area (Å²) in [7, 11) is 3.99. The number of nitrogen functional groups attached to an aromatic ring is 1. The van der Waals surface area contributed by atoms with E-state index >= 15 is 0 Å². The molecule has 0 amide bonds. The Morgan fingerprint density at radius 3 is 2.67 bits per heavy atom. The van der Waals surface area contributed by atoms with Crippen LogP contribution in [-0.4, -0.2) is 32.1 Å². The van der Waals surface area contributed by atoms with Crippen molar-refractivity contribution >= 4 is 11.4 Å². The molecule has 0 spiro atoms. The van der Waals surface area contributed by atoms with Crippen LogP contribution in [0.3, 0.4) is 0 Å². The van der Waals surface area contributed by atoms with Gasteiger partial charge < -0.3 is 15.8 Å². The van der Waals surface area contributed by atoms with Crippen molar-refractivity contribution in [2.45, 2.75) is 64.3 Å². The molecule has 0 bridgehead atoms. The largest absolute Gasteiger partial charge is 0.495 e. The van der Waals surface area contributed by atoms with E-state index in [1.54, 1.807) is 29.4 Å². The molecule has 2 unspecified atom stereocenters. The second-order valence-electron chi connectivity index (χ2n) is 9.01. The number of likely N-dealkylation sites (N-methyl/N-ethyl adjacent to an activating group) is 1. The van der Waals surface area contributed by atoms with Crippen LogP contribution in [-0.2, 0) is 19.3 Å². The molecule has 4 nitrogen and oxygen atoms in total. The molecule has 0 radical (unpaired) electrons. The van der Waals surface area contributed by atoms with E-state index in [1.165, 1.54) is 43.4 Å². The Kier molecular flexibility index (Phi) is 6.24. The molecule has 2 aromatic rings. The van der Waals surface area contributed by atoms with E-state index < -0.39 is 0 Å². The first-order chi connectivity index (χ1) is 14.5. The average molecular weight is 408 g/mol. The molecular weight excluding hydrogens is 370 g/mol. The van der Waals surface area contributed by atoms with Gasteiger partial charge in [0.15, 0.2) is 0 Å². The zero-order chi connectivity index (χ0) is 21.3. The van der Waals surface area contributed by atoms with Crippen LogP contribution < -0.4 is 15.8 Å². The van der Waals surface area contributed by atoms with Crippen LogP contribution in [0.4, 0.5) is 11.4 Å². The summed E-state index contributed by atoms with van der Waals surface area (Å²) in [5, 5.41) is 3.55. The fourth-order valence-electron chi connectivity index (χ4n) is 5.42. The van der Waals surface area contributed by atoms with E-state index in [4.69, 9.17) is 10.5 Å². The molecule has 4 heteroatoms. The topological polar surface area (TPSA) is 50.5 Å².